The lowest BCUT2D eigenvalue weighted by molar-refractivity contribution is -0.121. The summed E-state index contributed by atoms with van der Waals surface area (Å²) in [6.45, 7) is 0.261. The van der Waals surface area contributed by atoms with Crippen LogP contribution in [0.3, 0.4) is 0 Å². The van der Waals surface area contributed by atoms with E-state index >= 15 is 0 Å². The third kappa shape index (κ3) is 2.20. The summed E-state index contributed by atoms with van der Waals surface area (Å²) in [4.78, 5) is 13.1. The first-order valence-electron chi connectivity index (χ1n) is 5.67. The van der Waals surface area contributed by atoms with Gasteiger partial charge in [0.1, 0.15) is 5.82 Å². The molecule has 1 amide bonds. The average Bonchev–Trinajstić information content (AvgIpc) is 2.34. The van der Waals surface area contributed by atoms with Gasteiger partial charge in [0.2, 0.25) is 5.91 Å². The van der Waals surface area contributed by atoms with Crippen molar-refractivity contribution in [3.05, 3.63) is 29.6 Å². The number of rotatable bonds is 2. The molecule has 1 aliphatic rings. The molecule has 3 nitrogen and oxygen atoms in total. The highest BCUT2D eigenvalue weighted by molar-refractivity contribution is 5.98. The fraction of sp³-hybridized carbons (Fsp3) is 0.417. The van der Waals surface area contributed by atoms with Gasteiger partial charge in [-0.1, -0.05) is 0 Å². The summed E-state index contributed by atoms with van der Waals surface area (Å²) in [6, 6.07) is 0.862. The molecule has 0 bridgehead atoms. The number of carbonyl (C=O) groups is 1. The average molecular weight is 258 g/mol. The minimum atomic E-state index is -1.29. The molecule has 6 heteroatoms. The Balaban J connectivity index is 2.39. The minimum Gasteiger partial charge on any atom is -0.309 e. The van der Waals surface area contributed by atoms with Crippen LogP contribution in [0.2, 0.25) is 0 Å². The molecule has 1 aliphatic heterocycles. The van der Waals surface area contributed by atoms with Crippen LogP contribution in [0.1, 0.15) is 12.8 Å². The maximum Gasteiger partial charge on any atom is 0.244 e. The Labute approximate surface area is 103 Å². The molecular formula is C12H13F3N2O. The Morgan fingerprint density at radius 3 is 2.72 bits per heavy atom. The summed E-state index contributed by atoms with van der Waals surface area (Å²) in [5, 5.41) is 2.80. The van der Waals surface area contributed by atoms with Gasteiger partial charge >= 0.3 is 0 Å². The number of carbonyl (C=O) groups excluding carboxylic acids is 1. The van der Waals surface area contributed by atoms with Crippen LogP contribution in [0.15, 0.2) is 12.1 Å². The van der Waals surface area contributed by atoms with Crippen LogP contribution in [-0.4, -0.2) is 25.5 Å². The summed E-state index contributed by atoms with van der Waals surface area (Å²) in [5.41, 5.74) is -0.336. The highest BCUT2D eigenvalue weighted by Gasteiger charge is 2.31. The zero-order valence-corrected chi connectivity index (χ0v) is 9.84. The summed E-state index contributed by atoms with van der Waals surface area (Å²) in [5.74, 6) is -3.75. The highest BCUT2D eigenvalue weighted by Crippen LogP contribution is 2.26. The molecule has 0 saturated carbocycles. The maximum absolute atomic E-state index is 13.6. The Morgan fingerprint density at radius 1 is 1.33 bits per heavy atom. The Bertz CT molecular complexity index is 479. The summed E-state index contributed by atoms with van der Waals surface area (Å²) in [6.07, 6.45) is 1.28. The van der Waals surface area contributed by atoms with Crippen LogP contribution in [0.4, 0.5) is 18.9 Å². The van der Waals surface area contributed by atoms with E-state index in [1.807, 2.05) is 0 Å². The predicted molar refractivity (Wildman–Crippen MR) is 60.8 cm³/mol. The Morgan fingerprint density at radius 2 is 2.06 bits per heavy atom. The lowest BCUT2D eigenvalue weighted by Crippen LogP contribution is -2.50. The molecule has 1 aromatic rings. The van der Waals surface area contributed by atoms with E-state index in [1.165, 1.54) is 0 Å². The number of nitrogens with zero attached hydrogens (tertiary/aromatic N) is 1. The summed E-state index contributed by atoms with van der Waals surface area (Å²) >= 11 is 0. The fourth-order valence-corrected chi connectivity index (χ4v) is 2.12. The molecule has 98 valence electrons. The van der Waals surface area contributed by atoms with E-state index in [9.17, 15) is 18.0 Å². The second kappa shape index (κ2) is 4.97. The minimum absolute atomic E-state index is 0.261. The third-order valence-electron chi connectivity index (χ3n) is 3.05. The molecule has 0 radical (unpaired) electrons. The molecule has 18 heavy (non-hydrogen) atoms. The quantitative estimate of drug-likeness (QED) is 0.821. The molecule has 2 rings (SSSR count). The number of halogens is 3. The van der Waals surface area contributed by atoms with E-state index in [2.05, 4.69) is 5.32 Å². The molecule has 1 unspecified atom stereocenters. The second-order valence-electron chi connectivity index (χ2n) is 4.19. The van der Waals surface area contributed by atoms with Gasteiger partial charge in [0.05, 0.1) is 11.7 Å². The van der Waals surface area contributed by atoms with Gasteiger partial charge in [-0.3, -0.25) is 4.79 Å². The van der Waals surface area contributed by atoms with Crippen molar-refractivity contribution in [1.29, 1.82) is 0 Å². The summed E-state index contributed by atoms with van der Waals surface area (Å²) < 4.78 is 39.9. The maximum atomic E-state index is 13.6. The van der Waals surface area contributed by atoms with E-state index in [4.69, 9.17) is 0 Å². The van der Waals surface area contributed by atoms with E-state index in [0.29, 0.717) is 18.9 Å². The summed E-state index contributed by atoms with van der Waals surface area (Å²) in [7, 11) is 1.62. The van der Waals surface area contributed by atoms with Gasteiger partial charge in [-0.05, 0) is 19.9 Å². The normalized spacial score (nSPS) is 20.3. The zero-order valence-electron chi connectivity index (χ0n) is 9.84. The van der Waals surface area contributed by atoms with Crippen molar-refractivity contribution in [3.63, 3.8) is 0 Å². The molecule has 1 fully saturated rings. The van der Waals surface area contributed by atoms with Gasteiger partial charge in [-0.15, -0.1) is 0 Å². The first-order chi connectivity index (χ1) is 8.54. The first kappa shape index (κ1) is 12.9. The first-order valence-corrected chi connectivity index (χ1v) is 5.67. The van der Waals surface area contributed by atoms with Crippen molar-refractivity contribution >= 4 is 11.6 Å². The van der Waals surface area contributed by atoms with Gasteiger partial charge in [-0.2, -0.15) is 0 Å². The molecule has 1 N–H and O–H groups in total. The van der Waals surface area contributed by atoms with Crippen LogP contribution >= 0.6 is 0 Å². The van der Waals surface area contributed by atoms with Crippen LogP contribution < -0.4 is 10.2 Å². The number of amides is 1. The molecular weight excluding hydrogens is 245 g/mol. The number of likely N-dealkylation sites (N-methyl/N-ethyl adjacent to an activating group) is 1. The van der Waals surface area contributed by atoms with Gasteiger partial charge < -0.3 is 10.2 Å². The third-order valence-corrected chi connectivity index (χ3v) is 3.05. The lowest BCUT2D eigenvalue weighted by Gasteiger charge is -2.32. The topological polar surface area (TPSA) is 32.3 Å². The molecule has 1 heterocycles. The number of piperidine rings is 1. The number of nitrogens with one attached hydrogen (secondary N) is 1. The molecule has 1 saturated heterocycles. The Kier molecular flexibility index (Phi) is 3.56. The van der Waals surface area contributed by atoms with Crippen molar-refractivity contribution in [3.8, 4) is 0 Å². The van der Waals surface area contributed by atoms with Gasteiger partial charge in [0, 0.05) is 18.7 Å². The van der Waals surface area contributed by atoms with Crippen molar-refractivity contribution in [2.45, 2.75) is 18.9 Å². The molecule has 0 aliphatic carbocycles. The van der Waals surface area contributed by atoms with E-state index in [-0.39, 0.29) is 18.1 Å². The SMILES string of the molecule is CNC1CCCN(c2cc(F)cc(F)c2F)C1=O. The molecule has 1 aromatic carbocycles. The van der Waals surface area contributed by atoms with Crippen LogP contribution in [0, 0.1) is 17.5 Å². The smallest absolute Gasteiger partial charge is 0.244 e. The molecule has 0 aromatic heterocycles. The Hall–Kier alpha value is -1.56. The number of benzene rings is 1. The fourth-order valence-electron chi connectivity index (χ4n) is 2.12. The monoisotopic (exact) mass is 258 g/mol. The van der Waals surface area contributed by atoms with Crippen LogP contribution in [0.5, 0.6) is 0 Å². The highest BCUT2D eigenvalue weighted by atomic mass is 19.2. The van der Waals surface area contributed by atoms with E-state index in [0.717, 1.165) is 11.0 Å². The van der Waals surface area contributed by atoms with Crippen LogP contribution in [-0.2, 0) is 4.79 Å². The number of anilines is 1. The number of hydrogen-bond donors (Lipinski definition) is 1. The second-order valence-corrected chi connectivity index (χ2v) is 4.19. The number of hydrogen-bond acceptors (Lipinski definition) is 2. The predicted octanol–water partition coefficient (Wildman–Crippen LogP) is 1.82. The van der Waals surface area contributed by atoms with Crippen molar-refractivity contribution < 1.29 is 18.0 Å². The van der Waals surface area contributed by atoms with Crippen LogP contribution in [0.25, 0.3) is 0 Å². The largest absolute Gasteiger partial charge is 0.309 e. The van der Waals surface area contributed by atoms with E-state index in [1.54, 1.807) is 7.05 Å². The standard InChI is InChI=1S/C12H13F3N2O/c1-16-9-3-2-4-17(12(9)18)10-6-7(13)5-8(14)11(10)15/h5-6,9,16H,2-4H2,1H3. The van der Waals surface area contributed by atoms with Gasteiger partial charge in [0.15, 0.2) is 11.6 Å². The molecule has 0 spiro atoms. The van der Waals surface area contributed by atoms with Gasteiger partial charge in [0.25, 0.3) is 0 Å². The molecule has 1 atom stereocenters. The van der Waals surface area contributed by atoms with E-state index < -0.39 is 23.5 Å². The lowest BCUT2D eigenvalue weighted by atomic mass is 10.0. The van der Waals surface area contributed by atoms with Crippen molar-refractivity contribution in [1.82, 2.24) is 5.32 Å². The van der Waals surface area contributed by atoms with Crippen molar-refractivity contribution in [2.75, 3.05) is 18.5 Å². The van der Waals surface area contributed by atoms with Crippen molar-refractivity contribution in [2.24, 2.45) is 0 Å². The zero-order chi connectivity index (χ0) is 13.3. The van der Waals surface area contributed by atoms with Gasteiger partial charge in [-0.25, -0.2) is 13.2 Å².